The Kier molecular flexibility index (Phi) is 6.40. The standard InChI is InChI=1S/C23H28N4O2/c1-17-14-19(18(2)27(17)21-6-8-22(29-4)9-7-21)15-20(16-24)23(28)26-11-5-10-25(3)12-13-26/h6-9,14-15H,5,10-13H2,1-4H3/b20-15-. The van der Waals surface area contributed by atoms with E-state index in [2.05, 4.69) is 22.6 Å². The smallest absolute Gasteiger partial charge is 0.264 e. The van der Waals surface area contributed by atoms with E-state index < -0.39 is 0 Å². The predicted molar refractivity (Wildman–Crippen MR) is 114 cm³/mol. The molecule has 0 atom stereocenters. The number of amides is 1. The normalized spacial score (nSPS) is 15.7. The van der Waals surface area contributed by atoms with E-state index in [0.29, 0.717) is 13.1 Å². The number of carbonyl (C=O) groups is 1. The number of nitriles is 1. The van der Waals surface area contributed by atoms with Crippen molar-refractivity contribution in [3.8, 4) is 17.5 Å². The van der Waals surface area contributed by atoms with Crippen LogP contribution in [0.1, 0.15) is 23.4 Å². The molecule has 0 N–H and O–H groups in total. The van der Waals surface area contributed by atoms with Gasteiger partial charge in [-0.05, 0) is 75.8 Å². The van der Waals surface area contributed by atoms with Crippen molar-refractivity contribution < 1.29 is 9.53 Å². The molecule has 1 fully saturated rings. The van der Waals surface area contributed by atoms with E-state index in [0.717, 1.165) is 47.9 Å². The van der Waals surface area contributed by atoms with Crippen LogP contribution in [-0.4, -0.2) is 60.6 Å². The summed E-state index contributed by atoms with van der Waals surface area (Å²) in [6, 6.07) is 12.0. The molecular weight excluding hydrogens is 364 g/mol. The molecule has 1 aromatic heterocycles. The molecule has 3 rings (SSSR count). The Bertz CT molecular complexity index is 950. The van der Waals surface area contributed by atoms with E-state index in [-0.39, 0.29) is 11.5 Å². The first-order valence-corrected chi connectivity index (χ1v) is 9.87. The lowest BCUT2D eigenvalue weighted by Crippen LogP contribution is -2.35. The van der Waals surface area contributed by atoms with Crippen LogP contribution in [0.15, 0.2) is 35.9 Å². The van der Waals surface area contributed by atoms with Gasteiger partial charge in [-0.25, -0.2) is 0 Å². The van der Waals surface area contributed by atoms with Crippen LogP contribution >= 0.6 is 0 Å². The SMILES string of the molecule is COc1ccc(-n2c(C)cc(/C=C(/C#N)C(=O)N3CCCN(C)CC3)c2C)cc1. The van der Waals surface area contributed by atoms with Crippen LogP contribution in [-0.2, 0) is 4.79 Å². The summed E-state index contributed by atoms with van der Waals surface area (Å²) in [4.78, 5) is 16.9. The van der Waals surface area contributed by atoms with Crippen LogP contribution in [0, 0.1) is 25.2 Å². The molecule has 0 aliphatic carbocycles. The lowest BCUT2D eigenvalue weighted by atomic mass is 10.1. The maximum Gasteiger partial charge on any atom is 0.264 e. The van der Waals surface area contributed by atoms with E-state index in [1.807, 2.05) is 44.2 Å². The second-order valence-corrected chi connectivity index (χ2v) is 7.48. The van der Waals surface area contributed by atoms with Crippen LogP contribution in [0.5, 0.6) is 5.75 Å². The molecule has 0 radical (unpaired) electrons. The van der Waals surface area contributed by atoms with Gasteiger partial charge in [-0.3, -0.25) is 4.79 Å². The largest absolute Gasteiger partial charge is 0.497 e. The van der Waals surface area contributed by atoms with Gasteiger partial charge in [-0.15, -0.1) is 0 Å². The highest BCUT2D eigenvalue weighted by Crippen LogP contribution is 2.24. The monoisotopic (exact) mass is 392 g/mol. The zero-order valence-electron chi connectivity index (χ0n) is 17.6. The lowest BCUT2D eigenvalue weighted by Gasteiger charge is -2.20. The zero-order valence-corrected chi connectivity index (χ0v) is 17.6. The van der Waals surface area contributed by atoms with E-state index >= 15 is 0 Å². The van der Waals surface area contributed by atoms with Gasteiger partial charge in [0.15, 0.2) is 0 Å². The van der Waals surface area contributed by atoms with Gasteiger partial charge in [0.25, 0.3) is 5.91 Å². The minimum atomic E-state index is -0.183. The number of ether oxygens (including phenoxy) is 1. The van der Waals surface area contributed by atoms with Gasteiger partial charge >= 0.3 is 0 Å². The summed E-state index contributed by atoms with van der Waals surface area (Å²) in [5.74, 6) is 0.619. The zero-order chi connectivity index (χ0) is 21.0. The lowest BCUT2D eigenvalue weighted by molar-refractivity contribution is -0.126. The molecule has 1 aromatic carbocycles. The third-order valence-corrected chi connectivity index (χ3v) is 5.46. The Balaban J connectivity index is 1.90. The first kappa shape index (κ1) is 20.7. The Hall–Kier alpha value is -3.04. The minimum absolute atomic E-state index is 0.183. The Morgan fingerprint density at radius 3 is 2.52 bits per heavy atom. The van der Waals surface area contributed by atoms with Crippen molar-refractivity contribution in [2.45, 2.75) is 20.3 Å². The summed E-state index contributed by atoms with van der Waals surface area (Å²) >= 11 is 0. The molecule has 1 aliphatic heterocycles. The van der Waals surface area contributed by atoms with Crippen LogP contribution in [0.25, 0.3) is 11.8 Å². The number of nitrogens with zero attached hydrogens (tertiary/aromatic N) is 4. The van der Waals surface area contributed by atoms with E-state index in [4.69, 9.17) is 4.74 Å². The van der Waals surface area contributed by atoms with E-state index in [9.17, 15) is 10.1 Å². The van der Waals surface area contributed by atoms with E-state index in [1.54, 1.807) is 18.1 Å². The van der Waals surface area contributed by atoms with Crippen molar-refractivity contribution >= 4 is 12.0 Å². The van der Waals surface area contributed by atoms with Gasteiger partial charge in [0.1, 0.15) is 17.4 Å². The molecule has 1 saturated heterocycles. The quantitative estimate of drug-likeness (QED) is 0.592. The maximum atomic E-state index is 12.9. The number of aromatic nitrogens is 1. The van der Waals surface area contributed by atoms with Crippen LogP contribution in [0.2, 0.25) is 0 Å². The maximum absolute atomic E-state index is 12.9. The minimum Gasteiger partial charge on any atom is -0.497 e. The molecule has 1 amide bonds. The molecule has 29 heavy (non-hydrogen) atoms. The Labute approximate surface area is 172 Å². The van der Waals surface area contributed by atoms with Gasteiger partial charge in [0.05, 0.1) is 7.11 Å². The summed E-state index contributed by atoms with van der Waals surface area (Å²) in [6.07, 6.45) is 2.65. The van der Waals surface area contributed by atoms with Crippen molar-refractivity contribution in [1.82, 2.24) is 14.4 Å². The third-order valence-electron chi connectivity index (χ3n) is 5.46. The average Bonchev–Trinajstić information content (AvgIpc) is 2.87. The second-order valence-electron chi connectivity index (χ2n) is 7.48. The van der Waals surface area contributed by atoms with Gasteiger partial charge in [0.2, 0.25) is 0 Å². The molecule has 1 aliphatic rings. The van der Waals surface area contributed by atoms with Gasteiger partial charge < -0.3 is 19.1 Å². The van der Waals surface area contributed by atoms with Crippen molar-refractivity contribution in [2.24, 2.45) is 0 Å². The summed E-state index contributed by atoms with van der Waals surface area (Å²) in [5, 5.41) is 9.66. The fourth-order valence-corrected chi connectivity index (χ4v) is 3.78. The number of hydrogen-bond donors (Lipinski definition) is 0. The molecule has 152 valence electrons. The molecule has 0 bridgehead atoms. The van der Waals surface area contributed by atoms with Crippen molar-refractivity contribution in [3.05, 3.63) is 52.9 Å². The first-order chi connectivity index (χ1) is 13.9. The van der Waals surface area contributed by atoms with Gasteiger partial charge in [-0.1, -0.05) is 0 Å². The number of methoxy groups -OCH3 is 1. The predicted octanol–water partition coefficient (Wildman–Crippen LogP) is 3.17. The first-order valence-electron chi connectivity index (χ1n) is 9.87. The number of carbonyl (C=O) groups excluding carboxylic acids is 1. The van der Waals surface area contributed by atoms with E-state index in [1.165, 1.54) is 0 Å². The molecule has 2 aromatic rings. The molecule has 6 nitrogen and oxygen atoms in total. The van der Waals surface area contributed by atoms with Gasteiger partial charge in [0, 0.05) is 36.7 Å². The number of likely N-dealkylation sites (N-methyl/N-ethyl adjacent to an activating group) is 1. The van der Waals surface area contributed by atoms with Gasteiger partial charge in [-0.2, -0.15) is 5.26 Å². The molecule has 0 spiro atoms. The highest BCUT2D eigenvalue weighted by atomic mass is 16.5. The van der Waals surface area contributed by atoms with Crippen LogP contribution < -0.4 is 4.74 Å². The molecule has 0 saturated carbocycles. The third kappa shape index (κ3) is 4.52. The summed E-state index contributed by atoms with van der Waals surface area (Å²) in [5.41, 5.74) is 4.12. The van der Waals surface area contributed by atoms with Crippen molar-refractivity contribution in [2.75, 3.05) is 40.3 Å². The van der Waals surface area contributed by atoms with Crippen LogP contribution in [0.4, 0.5) is 0 Å². The molecule has 2 heterocycles. The fraction of sp³-hybridized carbons (Fsp3) is 0.391. The number of hydrogen-bond acceptors (Lipinski definition) is 4. The topological polar surface area (TPSA) is 61.5 Å². The number of rotatable bonds is 4. The summed E-state index contributed by atoms with van der Waals surface area (Å²) in [6.45, 7) is 7.16. The number of aryl methyl sites for hydroxylation is 1. The molecule has 0 unspecified atom stereocenters. The molecular formula is C23H28N4O2. The highest BCUT2D eigenvalue weighted by molar-refractivity contribution is 6.01. The Morgan fingerprint density at radius 2 is 1.86 bits per heavy atom. The summed E-state index contributed by atoms with van der Waals surface area (Å²) in [7, 11) is 3.70. The van der Waals surface area contributed by atoms with Crippen molar-refractivity contribution in [1.29, 1.82) is 5.26 Å². The average molecular weight is 393 g/mol. The summed E-state index contributed by atoms with van der Waals surface area (Å²) < 4.78 is 7.35. The molecule has 6 heteroatoms. The number of benzene rings is 1. The highest BCUT2D eigenvalue weighted by Gasteiger charge is 2.21. The fourth-order valence-electron chi connectivity index (χ4n) is 3.78. The van der Waals surface area contributed by atoms with Crippen molar-refractivity contribution in [3.63, 3.8) is 0 Å². The Morgan fingerprint density at radius 1 is 1.14 bits per heavy atom. The van der Waals surface area contributed by atoms with Crippen LogP contribution in [0.3, 0.4) is 0 Å². The second kappa shape index (κ2) is 8.97.